The van der Waals surface area contributed by atoms with E-state index in [4.69, 9.17) is 0 Å². The van der Waals surface area contributed by atoms with Crippen molar-refractivity contribution >= 4 is 42.7 Å². The van der Waals surface area contributed by atoms with Gasteiger partial charge in [0.15, 0.2) is 11.6 Å². The van der Waals surface area contributed by atoms with E-state index in [1.807, 2.05) is 0 Å². The van der Waals surface area contributed by atoms with Crippen molar-refractivity contribution in [3.63, 3.8) is 0 Å². The smallest absolute Gasteiger partial charge is 0.744 e. The Labute approximate surface area is 221 Å². The van der Waals surface area contributed by atoms with Gasteiger partial charge in [-0.3, -0.25) is 14.6 Å². The summed E-state index contributed by atoms with van der Waals surface area (Å²) in [4.78, 5) is 28.3. The molecule has 1 atom stereocenters. The van der Waals surface area contributed by atoms with Crippen LogP contribution in [0.5, 0.6) is 0 Å². The molecule has 0 amide bonds. The van der Waals surface area contributed by atoms with Gasteiger partial charge in [0, 0.05) is 16.5 Å². The predicted octanol–water partition coefficient (Wildman–Crippen LogP) is -4.79. The minimum Gasteiger partial charge on any atom is -0.744 e. The number of pyridine rings is 1. The molecule has 4 rings (SSSR count). The van der Waals surface area contributed by atoms with Crippen LogP contribution in [0.15, 0.2) is 58.3 Å². The first kappa shape index (κ1) is 26.3. The van der Waals surface area contributed by atoms with E-state index in [9.17, 15) is 35.5 Å². The number of rotatable bonds is 3. The Morgan fingerprint density at radius 1 is 0.774 bits per heavy atom. The number of ketones is 2. The molecule has 1 unspecified atom stereocenters. The Kier molecular flexibility index (Phi) is 7.71. The number of para-hydroxylation sites is 1. The van der Waals surface area contributed by atoms with Crippen LogP contribution in [-0.4, -0.2) is 42.5 Å². The average molecular weight is 477 g/mol. The van der Waals surface area contributed by atoms with Crippen LogP contribution in [-0.2, 0) is 20.2 Å². The Bertz CT molecular complexity index is 1450. The van der Waals surface area contributed by atoms with Crippen molar-refractivity contribution in [2.75, 3.05) is 0 Å². The van der Waals surface area contributed by atoms with E-state index in [0.29, 0.717) is 5.39 Å². The minimum atomic E-state index is -4.86. The Morgan fingerprint density at radius 2 is 1.42 bits per heavy atom. The monoisotopic (exact) mass is 477 g/mol. The van der Waals surface area contributed by atoms with Gasteiger partial charge >= 0.3 is 59.1 Å². The summed E-state index contributed by atoms with van der Waals surface area (Å²) in [7, 11) is -9.68. The Balaban J connectivity index is 0.00000171. The van der Waals surface area contributed by atoms with Crippen LogP contribution in [0.1, 0.15) is 32.3 Å². The first-order chi connectivity index (χ1) is 13.5. The second-order valence-corrected chi connectivity index (χ2v) is 9.07. The van der Waals surface area contributed by atoms with Crippen LogP contribution in [0.3, 0.4) is 0 Å². The molecule has 0 aliphatic heterocycles. The maximum Gasteiger partial charge on any atom is 1.00 e. The number of nitrogens with zero attached hydrogens (tertiary/aromatic N) is 1. The third-order valence-corrected chi connectivity index (χ3v) is 6.30. The zero-order chi connectivity index (χ0) is 21.1. The maximum absolute atomic E-state index is 12.8. The van der Waals surface area contributed by atoms with Crippen molar-refractivity contribution in [1.82, 2.24) is 4.98 Å². The van der Waals surface area contributed by atoms with Gasteiger partial charge in [0.05, 0.1) is 21.0 Å². The van der Waals surface area contributed by atoms with Crippen LogP contribution in [0, 0.1) is 0 Å². The number of Topliss-reactive ketones (excluding diaryl/α,β-unsaturated/α-hetero) is 2. The second kappa shape index (κ2) is 9.10. The SMILES string of the molecule is O=C1c2ccc(S(=O)(=O)[O-])cc2C(=O)C1c1ccc2cccc(S(=O)(=O)[O-])c2n1.[Na+].[Na+]. The number of hydrogen-bond donors (Lipinski definition) is 0. The largest absolute Gasteiger partial charge is 1.00 e. The number of carbonyl (C=O) groups is 2. The molecule has 0 fully saturated rings. The molecule has 148 valence electrons. The zero-order valence-corrected chi connectivity index (χ0v) is 21.9. The van der Waals surface area contributed by atoms with Crippen molar-refractivity contribution in [1.29, 1.82) is 0 Å². The molecule has 13 heteroatoms. The molecule has 0 spiro atoms. The van der Waals surface area contributed by atoms with Crippen LogP contribution in [0.4, 0.5) is 0 Å². The average Bonchev–Trinajstić information content (AvgIpc) is 2.89. The predicted molar refractivity (Wildman–Crippen MR) is 95.5 cm³/mol. The van der Waals surface area contributed by atoms with Gasteiger partial charge in [0.1, 0.15) is 26.2 Å². The van der Waals surface area contributed by atoms with Gasteiger partial charge in [-0.25, -0.2) is 16.8 Å². The molecule has 0 N–H and O–H groups in total. The van der Waals surface area contributed by atoms with E-state index in [0.717, 1.165) is 24.3 Å². The van der Waals surface area contributed by atoms with Gasteiger partial charge in [0.2, 0.25) is 0 Å². The summed E-state index contributed by atoms with van der Waals surface area (Å²) in [6.07, 6.45) is 0. The fraction of sp³-hybridized carbons (Fsp3) is 0.0556. The topological polar surface area (TPSA) is 161 Å². The molecule has 1 aliphatic carbocycles. The van der Waals surface area contributed by atoms with Gasteiger partial charge < -0.3 is 9.11 Å². The fourth-order valence-electron chi connectivity index (χ4n) is 3.29. The van der Waals surface area contributed by atoms with Crippen molar-refractivity contribution in [3.05, 3.63) is 65.4 Å². The number of aromatic nitrogens is 1. The molecular formula is C18H9NNa2O8S2. The molecule has 0 saturated carbocycles. The molecule has 1 heterocycles. The summed E-state index contributed by atoms with van der Waals surface area (Å²) in [5.41, 5.74) is -0.576. The summed E-state index contributed by atoms with van der Waals surface area (Å²) in [5, 5.41) is 0.320. The normalized spacial score (nSPS) is 15.9. The number of benzene rings is 2. The number of carbonyl (C=O) groups excluding carboxylic acids is 2. The Morgan fingerprint density at radius 3 is 2.03 bits per heavy atom. The van der Waals surface area contributed by atoms with Crippen molar-refractivity contribution in [3.8, 4) is 0 Å². The van der Waals surface area contributed by atoms with E-state index in [-0.39, 0.29) is 81.5 Å². The quantitative estimate of drug-likeness (QED) is 0.205. The summed E-state index contributed by atoms with van der Waals surface area (Å²) in [6.45, 7) is 0. The third-order valence-electron chi connectivity index (χ3n) is 4.60. The van der Waals surface area contributed by atoms with Gasteiger partial charge in [0.25, 0.3) is 0 Å². The first-order valence-corrected chi connectivity index (χ1v) is 10.8. The zero-order valence-electron chi connectivity index (χ0n) is 16.2. The van der Waals surface area contributed by atoms with Crippen LogP contribution >= 0.6 is 0 Å². The van der Waals surface area contributed by atoms with Gasteiger partial charge in [-0.2, -0.15) is 0 Å². The van der Waals surface area contributed by atoms with Crippen molar-refractivity contribution in [2.45, 2.75) is 15.7 Å². The van der Waals surface area contributed by atoms with E-state index in [1.54, 1.807) is 0 Å². The fourth-order valence-corrected chi connectivity index (χ4v) is 4.44. The standard InChI is InChI=1S/C18H11NO8S2.2Na/c20-17-11-6-5-10(28(22,23)24)8-12(11)18(21)15(17)13-7-4-9-2-1-3-14(16(9)19-13)29(25,26)27;;/h1-8,15H,(H,22,23,24)(H,25,26,27);;/q;2*+1/p-2. The van der Waals surface area contributed by atoms with Crippen LogP contribution < -0.4 is 59.1 Å². The summed E-state index contributed by atoms with van der Waals surface area (Å²) in [6, 6.07) is 9.57. The molecular weight excluding hydrogens is 468 g/mol. The molecule has 1 aromatic heterocycles. The van der Waals surface area contributed by atoms with Crippen molar-refractivity contribution in [2.24, 2.45) is 0 Å². The third kappa shape index (κ3) is 4.71. The van der Waals surface area contributed by atoms with Crippen LogP contribution in [0.2, 0.25) is 0 Å². The molecule has 3 aromatic rings. The van der Waals surface area contributed by atoms with E-state index in [1.165, 1.54) is 24.3 Å². The van der Waals surface area contributed by atoms with E-state index >= 15 is 0 Å². The minimum absolute atomic E-state index is 0. The first-order valence-electron chi connectivity index (χ1n) is 8.02. The summed E-state index contributed by atoms with van der Waals surface area (Å²) in [5.74, 6) is -2.89. The molecule has 0 bridgehead atoms. The van der Waals surface area contributed by atoms with Gasteiger partial charge in [-0.1, -0.05) is 18.2 Å². The molecule has 31 heavy (non-hydrogen) atoms. The number of hydrogen-bond acceptors (Lipinski definition) is 9. The maximum atomic E-state index is 12.8. The molecule has 9 nitrogen and oxygen atoms in total. The van der Waals surface area contributed by atoms with E-state index in [2.05, 4.69) is 4.98 Å². The Hall–Kier alpha value is -0.990. The molecule has 2 aromatic carbocycles. The van der Waals surface area contributed by atoms with E-state index < -0.39 is 47.5 Å². The second-order valence-electron chi connectivity index (χ2n) is 6.34. The molecule has 0 saturated heterocycles. The molecule has 1 aliphatic rings. The van der Waals surface area contributed by atoms with Gasteiger partial charge in [-0.05, 0) is 30.3 Å². The summed E-state index contributed by atoms with van der Waals surface area (Å²) < 4.78 is 68.1. The summed E-state index contributed by atoms with van der Waals surface area (Å²) >= 11 is 0. The van der Waals surface area contributed by atoms with Crippen molar-refractivity contribution < 1.29 is 94.6 Å². The van der Waals surface area contributed by atoms with Gasteiger partial charge in [-0.15, -0.1) is 0 Å². The molecule has 0 radical (unpaired) electrons. The number of fused-ring (bicyclic) bond motifs is 2. The van der Waals surface area contributed by atoms with Crippen LogP contribution in [0.25, 0.3) is 10.9 Å².